The van der Waals surface area contributed by atoms with Crippen molar-refractivity contribution in [1.82, 2.24) is 10.6 Å². The molecule has 1 unspecified atom stereocenters. The molecule has 0 spiro atoms. The van der Waals surface area contributed by atoms with E-state index in [0.717, 1.165) is 6.07 Å². The number of hydrogen-bond donors (Lipinski definition) is 4. The van der Waals surface area contributed by atoms with Gasteiger partial charge in [-0.25, -0.2) is 0 Å². The molecule has 1 atom stereocenters. The van der Waals surface area contributed by atoms with Crippen LogP contribution in [0.4, 0.5) is 11.4 Å². The van der Waals surface area contributed by atoms with Gasteiger partial charge in [-0.1, -0.05) is 0 Å². The third-order valence-corrected chi connectivity index (χ3v) is 3.21. The summed E-state index contributed by atoms with van der Waals surface area (Å²) < 4.78 is 0. The van der Waals surface area contributed by atoms with Crippen molar-refractivity contribution in [2.75, 3.05) is 12.0 Å². The Morgan fingerprint density at radius 3 is 2.86 bits per heavy atom. The maximum absolute atomic E-state index is 12.0. The number of carbonyl (C=O) groups is 2. The number of rotatable bonds is 5. The molecule has 1 saturated heterocycles. The van der Waals surface area contributed by atoms with Gasteiger partial charge in [0.2, 0.25) is 5.91 Å². The number of nitro benzene ring substituents is 1. The van der Waals surface area contributed by atoms with E-state index in [1.54, 1.807) is 0 Å². The third kappa shape index (κ3) is 3.45. The summed E-state index contributed by atoms with van der Waals surface area (Å²) in [7, 11) is 0. The van der Waals surface area contributed by atoms with Crippen molar-refractivity contribution in [3.8, 4) is 0 Å². The minimum Gasteiger partial charge on any atom is -0.352 e. The van der Waals surface area contributed by atoms with Crippen LogP contribution in [0.25, 0.3) is 0 Å². The minimum atomic E-state index is -0.622. The molecular formula is C12H15N5O4. The molecule has 1 aromatic carbocycles. The minimum absolute atomic E-state index is 0.0386. The second-order valence-corrected chi connectivity index (χ2v) is 4.65. The summed E-state index contributed by atoms with van der Waals surface area (Å²) in [5, 5.41) is 16.2. The standard InChI is InChI=1S/C12H15N5O4/c13-16-9-3-1-7(5-10(9)17(20)21)12(19)14-6-8-2-4-11(18)15-8/h1,3,5,8,16H,2,4,6,13H2,(H,14,19)(H,15,18). The van der Waals surface area contributed by atoms with E-state index in [2.05, 4.69) is 16.1 Å². The molecule has 21 heavy (non-hydrogen) atoms. The summed E-state index contributed by atoms with van der Waals surface area (Å²) in [6.07, 6.45) is 1.11. The van der Waals surface area contributed by atoms with Crippen LogP contribution in [0, 0.1) is 10.1 Å². The number of nitrogen functional groups attached to an aromatic ring is 1. The highest BCUT2D eigenvalue weighted by Crippen LogP contribution is 2.24. The van der Waals surface area contributed by atoms with Crippen LogP contribution in [0.5, 0.6) is 0 Å². The molecule has 1 fully saturated rings. The topological polar surface area (TPSA) is 139 Å². The molecule has 2 rings (SSSR count). The number of carbonyl (C=O) groups excluding carboxylic acids is 2. The number of hydrogen-bond acceptors (Lipinski definition) is 6. The predicted molar refractivity (Wildman–Crippen MR) is 74.4 cm³/mol. The number of hydrazine groups is 1. The Balaban J connectivity index is 2.03. The van der Waals surface area contributed by atoms with Crippen molar-refractivity contribution < 1.29 is 14.5 Å². The Hall–Kier alpha value is -2.68. The van der Waals surface area contributed by atoms with Gasteiger partial charge in [0, 0.05) is 30.6 Å². The average Bonchev–Trinajstić information content (AvgIpc) is 2.89. The number of nitro groups is 1. The van der Waals surface area contributed by atoms with Gasteiger partial charge in [-0.3, -0.25) is 25.5 Å². The molecule has 0 bridgehead atoms. The summed E-state index contributed by atoms with van der Waals surface area (Å²) in [4.78, 5) is 33.3. The molecule has 5 N–H and O–H groups in total. The van der Waals surface area contributed by atoms with E-state index in [4.69, 9.17) is 5.84 Å². The molecule has 112 valence electrons. The molecule has 0 radical (unpaired) electrons. The fourth-order valence-corrected chi connectivity index (χ4v) is 2.09. The summed E-state index contributed by atoms with van der Waals surface area (Å²) in [6, 6.07) is 3.86. The Labute approximate surface area is 120 Å². The number of amides is 2. The van der Waals surface area contributed by atoms with Crippen LogP contribution < -0.4 is 21.9 Å². The molecule has 1 aromatic rings. The SMILES string of the molecule is NNc1ccc(C(=O)NCC2CCC(=O)N2)cc1[N+](=O)[O-]. The van der Waals surface area contributed by atoms with Gasteiger partial charge >= 0.3 is 0 Å². The quantitative estimate of drug-likeness (QED) is 0.339. The van der Waals surface area contributed by atoms with Crippen molar-refractivity contribution in [2.45, 2.75) is 18.9 Å². The summed E-state index contributed by atoms with van der Waals surface area (Å²) in [5.74, 6) is 4.69. The molecular weight excluding hydrogens is 278 g/mol. The third-order valence-electron chi connectivity index (χ3n) is 3.21. The lowest BCUT2D eigenvalue weighted by atomic mass is 10.1. The van der Waals surface area contributed by atoms with E-state index < -0.39 is 10.8 Å². The first-order valence-electron chi connectivity index (χ1n) is 6.34. The molecule has 1 heterocycles. The van der Waals surface area contributed by atoms with Gasteiger partial charge in [-0.2, -0.15) is 0 Å². The largest absolute Gasteiger partial charge is 0.352 e. The van der Waals surface area contributed by atoms with Gasteiger partial charge in [0.1, 0.15) is 5.69 Å². The van der Waals surface area contributed by atoms with Crippen molar-refractivity contribution in [2.24, 2.45) is 5.84 Å². The summed E-state index contributed by atoms with van der Waals surface area (Å²) >= 11 is 0. The van der Waals surface area contributed by atoms with Crippen LogP contribution in [-0.2, 0) is 4.79 Å². The Morgan fingerprint density at radius 1 is 1.52 bits per heavy atom. The number of nitrogens with two attached hydrogens (primary N) is 1. The van der Waals surface area contributed by atoms with Crippen molar-refractivity contribution in [3.63, 3.8) is 0 Å². The predicted octanol–water partition coefficient (Wildman–Crippen LogP) is -0.111. The number of nitrogens with one attached hydrogen (secondary N) is 3. The normalized spacial score (nSPS) is 17.2. The van der Waals surface area contributed by atoms with Crippen LogP contribution in [0.1, 0.15) is 23.2 Å². The molecule has 2 amide bonds. The first-order chi connectivity index (χ1) is 10.0. The highest BCUT2D eigenvalue weighted by molar-refractivity contribution is 5.95. The highest BCUT2D eigenvalue weighted by atomic mass is 16.6. The summed E-state index contributed by atoms with van der Waals surface area (Å²) in [5.41, 5.74) is 2.21. The van der Waals surface area contributed by atoms with Crippen LogP contribution in [-0.4, -0.2) is 29.3 Å². The van der Waals surface area contributed by atoms with Crippen molar-refractivity contribution >= 4 is 23.2 Å². The maximum Gasteiger partial charge on any atom is 0.294 e. The lowest BCUT2D eigenvalue weighted by Crippen LogP contribution is -2.38. The molecule has 9 nitrogen and oxygen atoms in total. The van der Waals surface area contributed by atoms with Crippen molar-refractivity contribution in [3.05, 3.63) is 33.9 Å². The van der Waals surface area contributed by atoms with Gasteiger partial charge in [0.15, 0.2) is 0 Å². The van der Waals surface area contributed by atoms with Crippen LogP contribution >= 0.6 is 0 Å². The Morgan fingerprint density at radius 2 is 2.29 bits per heavy atom. The second kappa shape index (κ2) is 6.18. The Kier molecular flexibility index (Phi) is 4.33. The van der Waals surface area contributed by atoms with E-state index in [1.807, 2.05) is 0 Å². The molecule has 9 heteroatoms. The zero-order chi connectivity index (χ0) is 15.4. The molecule has 1 aliphatic rings. The van der Waals surface area contributed by atoms with Crippen LogP contribution in [0.3, 0.4) is 0 Å². The number of nitrogens with zero attached hydrogens (tertiary/aromatic N) is 1. The number of anilines is 1. The molecule has 1 aliphatic heterocycles. The van der Waals surface area contributed by atoms with Gasteiger partial charge in [0.25, 0.3) is 11.6 Å². The van der Waals surface area contributed by atoms with Crippen molar-refractivity contribution in [1.29, 1.82) is 0 Å². The van der Waals surface area contributed by atoms with Gasteiger partial charge in [-0.05, 0) is 18.6 Å². The van der Waals surface area contributed by atoms with Gasteiger partial charge in [-0.15, -0.1) is 0 Å². The lowest BCUT2D eigenvalue weighted by molar-refractivity contribution is -0.384. The smallest absolute Gasteiger partial charge is 0.294 e. The number of benzene rings is 1. The zero-order valence-corrected chi connectivity index (χ0v) is 11.1. The monoisotopic (exact) mass is 293 g/mol. The van der Waals surface area contributed by atoms with E-state index >= 15 is 0 Å². The molecule has 0 aliphatic carbocycles. The van der Waals surface area contributed by atoms with Gasteiger partial charge < -0.3 is 16.1 Å². The fraction of sp³-hybridized carbons (Fsp3) is 0.333. The average molecular weight is 293 g/mol. The fourth-order valence-electron chi connectivity index (χ4n) is 2.09. The Bertz CT molecular complexity index is 589. The van der Waals surface area contributed by atoms with E-state index in [9.17, 15) is 19.7 Å². The van der Waals surface area contributed by atoms with E-state index in [0.29, 0.717) is 12.8 Å². The maximum atomic E-state index is 12.0. The van der Waals surface area contributed by atoms with E-state index in [-0.39, 0.29) is 35.4 Å². The van der Waals surface area contributed by atoms with Crippen LogP contribution in [0.2, 0.25) is 0 Å². The first kappa shape index (κ1) is 14.7. The summed E-state index contributed by atoms with van der Waals surface area (Å²) in [6.45, 7) is 0.287. The first-order valence-corrected chi connectivity index (χ1v) is 6.34. The van der Waals surface area contributed by atoms with Crippen LogP contribution in [0.15, 0.2) is 18.2 Å². The lowest BCUT2D eigenvalue weighted by Gasteiger charge is -2.11. The highest BCUT2D eigenvalue weighted by Gasteiger charge is 2.22. The molecule has 0 aromatic heterocycles. The zero-order valence-electron chi connectivity index (χ0n) is 11.1. The van der Waals surface area contributed by atoms with Gasteiger partial charge in [0.05, 0.1) is 4.92 Å². The second-order valence-electron chi connectivity index (χ2n) is 4.65. The molecule has 0 saturated carbocycles. The van der Waals surface area contributed by atoms with E-state index in [1.165, 1.54) is 12.1 Å².